The summed E-state index contributed by atoms with van der Waals surface area (Å²) < 4.78 is 14.7. The van der Waals surface area contributed by atoms with Crippen LogP contribution in [0.15, 0.2) is 84.9 Å². The highest BCUT2D eigenvalue weighted by molar-refractivity contribution is 7.85. The summed E-state index contributed by atoms with van der Waals surface area (Å²) in [4.78, 5) is 2.23. The molecule has 0 aliphatic carbocycles. The van der Waals surface area contributed by atoms with E-state index in [1.54, 1.807) is 0 Å². The van der Waals surface area contributed by atoms with Crippen molar-refractivity contribution in [3.8, 4) is 0 Å². The highest BCUT2D eigenvalue weighted by Gasteiger charge is 2.35. The molecule has 1 fully saturated rings. The molecule has 0 bridgehead atoms. The van der Waals surface area contributed by atoms with Gasteiger partial charge in [0.15, 0.2) is 7.14 Å². The normalized spacial score (nSPS) is 17.2. The summed E-state index contributed by atoms with van der Waals surface area (Å²) in [7, 11) is -3.03. The van der Waals surface area contributed by atoms with Crippen LogP contribution < -0.4 is 20.8 Å². The van der Waals surface area contributed by atoms with Crippen LogP contribution in [0.4, 0.5) is 5.69 Å². The quantitative estimate of drug-likeness (QED) is 0.694. The first-order valence-electron chi connectivity index (χ1n) is 9.43. The Morgan fingerprint density at radius 3 is 2.00 bits per heavy atom. The van der Waals surface area contributed by atoms with Gasteiger partial charge in [0.25, 0.3) is 0 Å². The van der Waals surface area contributed by atoms with Crippen molar-refractivity contribution >= 4 is 28.7 Å². The van der Waals surface area contributed by atoms with Crippen LogP contribution >= 0.6 is 7.14 Å². The molecule has 1 heterocycles. The van der Waals surface area contributed by atoms with Gasteiger partial charge < -0.3 is 14.6 Å². The standard InChI is InChI=1S/C23H24NO2P/c25-18-19-10-9-17-24(19)22-15-7-8-16-23(22)27(26,20-11-3-1-4-12-20)21-13-5-2-6-14-21/h1-8,11-16,19,25H,9-10,17-18H2/t19-/m0/s1. The zero-order valence-corrected chi connectivity index (χ0v) is 16.1. The molecule has 138 valence electrons. The summed E-state index contributed by atoms with van der Waals surface area (Å²) in [6, 6.07) is 27.6. The minimum Gasteiger partial charge on any atom is -0.394 e. The van der Waals surface area contributed by atoms with Gasteiger partial charge in [0, 0.05) is 28.1 Å². The smallest absolute Gasteiger partial charge is 0.173 e. The summed E-state index contributed by atoms with van der Waals surface area (Å²) in [6.07, 6.45) is 2.01. The zero-order chi connectivity index (χ0) is 18.7. The minimum absolute atomic E-state index is 0.0890. The third kappa shape index (κ3) is 3.22. The number of anilines is 1. The first-order chi connectivity index (χ1) is 13.2. The van der Waals surface area contributed by atoms with Crippen molar-refractivity contribution in [1.29, 1.82) is 0 Å². The third-order valence-electron chi connectivity index (χ3n) is 5.36. The summed E-state index contributed by atoms with van der Waals surface area (Å²) in [5, 5.41) is 12.3. The van der Waals surface area contributed by atoms with Crippen molar-refractivity contribution in [2.75, 3.05) is 18.1 Å². The van der Waals surface area contributed by atoms with E-state index < -0.39 is 7.14 Å². The lowest BCUT2D eigenvalue weighted by atomic mass is 10.2. The molecule has 1 aliphatic rings. The van der Waals surface area contributed by atoms with E-state index in [4.69, 9.17) is 0 Å². The number of rotatable bonds is 5. The lowest BCUT2D eigenvalue weighted by Crippen LogP contribution is -2.37. The third-order valence-corrected chi connectivity index (χ3v) is 8.47. The second-order valence-electron chi connectivity index (χ2n) is 6.94. The largest absolute Gasteiger partial charge is 0.394 e. The number of hydrogen-bond donors (Lipinski definition) is 1. The second kappa shape index (κ2) is 7.72. The number of para-hydroxylation sites is 1. The van der Waals surface area contributed by atoms with Gasteiger partial charge in [-0.15, -0.1) is 0 Å². The number of aliphatic hydroxyl groups is 1. The van der Waals surface area contributed by atoms with E-state index in [1.165, 1.54) is 0 Å². The van der Waals surface area contributed by atoms with Gasteiger partial charge in [-0.1, -0.05) is 72.8 Å². The molecule has 3 aromatic carbocycles. The molecule has 1 atom stereocenters. The van der Waals surface area contributed by atoms with E-state index in [-0.39, 0.29) is 12.6 Å². The lowest BCUT2D eigenvalue weighted by Gasteiger charge is -2.30. The number of nitrogens with zero attached hydrogens (tertiary/aromatic N) is 1. The Morgan fingerprint density at radius 2 is 1.41 bits per heavy atom. The van der Waals surface area contributed by atoms with Crippen molar-refractivity contribution < 1.29 is 9.67 Å². The van der Waals surface area contributed by atoms with Crippen LogP contribution in [0.5, 0.6) is 0 Å². The van der Waals surface area contributed by atoms with Gasteiger partial charge in [-0.25, -0.2) is 0 Å². The second-order valence-corrected chi connectivity index (χ2v) is 9.67. The SMILES string of the molecule is O=P(c1ccccc1)(c1ccccc1)c1ccccc1N1CCC[C@H]1CO. The summed E-state index contributed by atoms with van der Waals surface area (Å²) in [5.41, 5.74) is 0.977. The van der Waals surface area contributed by atoms with Crippen LogP contribution in [0, 0.1) is 0 Å². The maximum atomic E-state index is 14.7. The molecule has 3 nitrogen and oxygen atoms in total. The molecule has 1 saturated heterocycles. The molecule has 1 N–H and O–H groups in total. The molecular weight excluding hydrogens is 353 g/mol. The average Bonchev–Trinajstić information content (AvgIpc) is 3.23. The Kier molecular flexibility index (Phi) is 5.15. The summed E-state index contributed by atoms with van der Waals surface area (Å²) in [6.45, 7) is 1.00. The predicted octanol–water partition coefficient (Wildman–Crippen LogP) is 3.29. The molecule has 0 spiro atoms. The molecule has 0 saturated carbocycles. The van der Waals surface area contributed by atoms with E-state index in [1.807, 2.05) is 84.9 Å². The number of hydrogen-bond acceptors (Lipinski definition) is 3. The van der Waals surface area contributed by atoms with E-state index >= 15 is 0 Å². The molecule has 4 heteroatoms. The van der Waals surface area contributed by atoms with Crippen LogP contribution in [0.3, 0.4) is 0 Å². The van der Waals surface area contributed by atoms with E-state index in [0.717, 1.165) is 41.0 Å². The molecule has 0 radical (unpaired) electrons. The topological polar surface area (TPSA) is 40.5 Å². The van der Waals surface area contributed by atoms with Crippen LogP contribution in [-0.4, -0.2) is 24.3 Å². The highest BCUT2D eigenvalue weighted by atomic mass is 31.2. The minimum atomic E-state index is -3.03. The van der Waals surface area contributed by atoms with E-state index in [2.05, 4.69) is 4.90 Å². The Bertz CT molecular complexity index is 899. The van der Waals surface area contributed by atoms with Crippen LogP contribution in [0.25, 0.3) is 0 Å². The highest BCUT2D eigenvalue weighted by Crippen LogP contribution is 2.45. The van der Waals surface area contributed by atoms with Gasteiger partial charge in [-0.2, -0.15) is 0 Å². The molecule has 0 amide bonds. The Labute approximate surface area is 160 Å². The predicted molar refractivity (Wildman–Crippen MR) is 113 cm³/mol. The van der Waals surface area contributed by atoms with Gasteiger partial charge in [-0.05, 0) is 25.0 Å². The first kappa shape index (κ1) is 18.0. The molecule has 0 unspecified atom stereocenters. The van der Waals surface area contributed by atoms with Crippen molar-refractivity contribution in [2.24, 2.45) is 0 Å². The fourth-order valence-electron chi connectivity index (χ4n) is 4.02. The molecular formula is C23H24NO2P. The monoisotopic (exact) mass is 377 g/mol. The van der Waals surface area contributed by atoms with Gasteiger partial charge >= 0.3 is 0 Å². The van der Waals surface area contributed by atoms with Crippen LogP contribution in [-0.2, 0) is 4.57 Å². The zero-order valence-electron chi connectivity index (χ0n) is 15.2. The Morgan fingerprint density at radius 1 is 0.852 bits per heavy atom. The molecule has 1 aliphatic heterocycles. The summed E-state index contributed by atoms with van der Waals surface area (Å²) in [5.74, 6) is 0. The molecule has 4 rings (SSSR count). The Hall–Kier alpha value is -2.35. The maximum absolute atomic E-state index is 14.7. The van der Waals surface area contributed by atoms with Gasteiger partial charge in [0.05, 0.1) is 12.6 Å². The molecule has 27 heavy (non-hydrogen) atoms. The lowest BCUT2D eigenvalue weighted by molar-refractivity contribution is 0.266. The van der Waals surface area contributed by atoms with Crippen LogP contribution in [0.2, 0.25) is 0 Å². The first-order valence-corrected chi connectivity index (χ1v) is 11.1. The van der Waals surface area contributed by atoms with Gasteiger partial charge in [-0.3, -0.25) is 0 Å². The fraction of sp³-hybridized carbons (Fsp3) is 0.217. The van der Waals surface area contributed by atoms with Crippen molar-refractivity contribution in [2.45, 2.75) is 18.9 Å². The van der Waals surface area contributed by atoms with E-state index in [0.29, 0.717) is 0 Å². The maximum Gasteiger partial charge on any atom is 0.173 e. The van der Waals surface area contributed by atoms with Gasteiger partial charge in [0.2, 0.25) is 0 Å². The van der Waals surface area contributed by atoms with Crippen molar-refractivity contribution in [3.63, 3.8) is 0 Å². The van der Waals surface area contributed by atoms with Crippen molar-refractivity contribution in [1.82, 2.24) is 0 Å². The molecule has 3 aromatic rings. The fourth-order valence-corrected chi connectivity index (χ4v) is 6.88. The van der Waals surface area contributed by atoms with E-state index in [9.17, 15) is 9.67 Å². The average molecular weight is 377 g/mol. The molecule has 0 aromatic heterocycles. The van der Waals surface area contributed by atoms with Gasteiger partial charge in [0.1, 0.15) is 0 Å². The number of aliphatic hydroxyl groups excluding tert-OH is 1. The van der Waals surface area contributed by atoms with Crippen LogP contribution in [0.1, 0.15) is 12.8 Å². The summed E-state index contributed by atoms with van der Waals surface area (Å²) >= 11 is 0. The van der Waals surface area contributed by atoms with Crippen molar-refractivity contribution in [3.05, 3.63) is 84.9 Å². The number of benzene rings is 3. The Balaban J connectivity index is 1.94.